The molecule has 0 aromatic heterocycles. The average molecular weight is 287 g/mol. The van der Waals surface area contributed by atoms with Crippen LogP contribution >= 0.6 is 15.9 Å². The summed E-state index contributed by atoms with van der Waals surface area (Å²) in [6.07, 6.45) is 0. The Kier molecular flexibility index (Phi) is 4.61. The molecule has 0 atom stereocenters. The van der Waals surface area contributed by atoms with Gasteiger partial charge in [-0.25, -0.2) is 0 Å². The van der Waals surface area contributed by atoms with Crippen LogP contribution in [0.4, 0.5) is 5.69 Å². The van der Waals surface area contributed by atoms with Gasteiger partial charge in [-0.15, -0.1) is 0 Å². The lowest BCUT2D eigenvalue weighted by Crippen LogP contribution is -2.31. The molecule has 0 spiro atoms. The SMILES string of the molecule is CCN(C)C(=O)COc1c(N)cccc1Br. The van der Waals surface area contributed by atoms with Crippen LogP contribution in [-0.2, 0) is 4.79 Å². The largest absolute Gasteiger partial charge is 0.480 e. The van der Waals surface area contributed by atoms with E-state index in [1.54, 1.807) is 18.0 Å². The van der Waals surface area contributed by atoms with Crippen LogP contribution in [-0.4, -0.2) is 31.0 Å². The summed E-state index contributed by atoms with van der Waals surface area (Å²) in [4.78, 5) is 13.1. The molecule has 2 N–H and O–H groups in total. The lowest BCUT2D eigenvalue weighted by molar-refractivity contribution is -0.131. The van der Waals surface area contributed by atoms with Crippen LogP contribution in [0.2, 0.25) is 0 Å². The topological polar surface area (TPSA) is 55.6 Å². The van der Waals surface area contributed by atoms with Crippen molar-refractivity contribution in [2.45, 2.75) is 6.92 Å². The maximum Gasteiger partial charge on any atom is 0.260 e. The Bertz CT molecular complexity index is 362. The fourth-order valence-corrected chi connectivity index (χ4v) is 1.59. The third kappa shape index (κ3) is 3.13. The Morgan fingerprint density at radius 2 is 2.25 bits per heavy atom. The van der Waals surface area contributed by atoms with E-state index < -0.39 is 0 Å². The number of nitrogen functional groups attached to an aromatic ring is 1. The van der Waals surface area contributed by atoms with E-state index in [9.17, 15) is 4.79 Å². The van der Waals surface area contributed by atoms with Gasteiger partial charge in [-0.05, 0) is 35.0 Å². The molecule has 0 saturated heterocycles. The number of anilines is 1. The zero-order valence-corrected chi connectivity index (χ0v) is 11.0. The van der Waals surface area contributed by atoms with Crippen molar-refractivity contribution in [2.75, 3.05) is 25.9 Å². The third-order valence-corrected chi connectivity index (χ3v) is 2.86. The lowest BCUT2D eigenvalue weighted by Gasteiger charge is -2.16. The van der Waals surface area contributed by atoms with Crippen molar-refractivity contribution in [2.24, 2.45) is 0 Å². The molecule has 0 aliphatic heterocycles. The predicted octanol–water partition coefficient (Wildman–Crippen LogP) is 1.89. The van der Waals surface area contributed by atoms with E-state index in [-0.39, 0.29) is 12.5 Å². The highest BCUT2D eigenvalue weighted by Crippen LogP contribution is 2.30. The molecule has 1 amide bonds. The minimum atomic E-state index is -0.0716. The number of benzene rings is 1. The number of para-hydroxylation sites is 1. The number of hydrogen-bond acceptors (Lipinski definition) is 3. The molecular weight excluding hydrogens is 272 g/mol. The first-order chi connectivity index (χ1) is 7.56. The number of hydrogen-bond donors (Lipinski definition) is 1. The van der Waals surface area contributed by atoms with E-state index in [1.165, 1.54) is 0 Å². The summed E-state index contributed by atoms with van der Waals surface area (Å²) in [6, 6.07) is 5.36. The van der Waals surface area contributed by atoms with E-state index in [4.69, 9.17) is 10.5 Å². The van der Waals surface area contributed by atoms with Gasteiger partial charge in [-0.2, -0.15) is 0 Å². The van der Waals surface area contributed by atoms with Crippen molar-refractivity contribution in [3.8, 4) is 5.75 Å². The van der Waals surface area contributed by atoms with Crippen LogP contribution in [0.25, 0.3) is 0 Å². The zero-order valence-electron chi connectivity index (χ0n) is 9.37. The molecule has 5 heteroatoms. The quantitative estimate of drug-likeness (QED) is 0.860. The fraction of sp³-hybridized carbons (Fsp3) is 0.364. The van der Waals surface area contributed by atoms with Gasteiger partial charge in [0.15, 0.2) is 12.4 Å². The number of likely N-dealkylation sites (N-methyl/N-ethyl adjacent to an activating group) is 1. The number of rotatable bonds is 4. The molecule has 0 unspecified atom stereocenters. The maximum absolute atomic E-state index is 11.5. The van der Waals surface area contributed by atoms with E-state index in [0.29, 0.717) is 18.0 Å². The van der Waals surface area contributed by atoms with Gasteiger partial charge in [-0.3, -0.25) is 4.79 Å². The molecule has 0 aliphatic rings. The number of amides is 1. The van der Waals surface area contributed by atoms with E-state index in [0.717, 1.165) is 4.47 Å². The molecule has 16 heavy (non-hydrogen) atoms. The number of nitrogens with zero attached hydrogens (tertiary/aromatic N) is 1. The molecule has 1 aromatic rings. The minimum Gasteiger partial charge on any atom is -0.480 e. The number of ether oxygens (including phenoxy) is 1. The molecule has 1 rings (SSSR count). The molecule has 0 heterocycles. The molecule has 0 aliphatic carbocycles. The van der Waals surface area contributed by atoms with E-state index >= 15 is 0 Å². The first-order valence-electron chi connectivity index (χ1n) is 4.97. The van der Waals surface area contributed by atoms with Crippen LogP contribution in [0, 0.1) is 0 Å². The first kappa shape index (κ1) is 12.8. The number of halogens is 1. The zero-order chi connectivity index (χ0) is 12.1. The van der Waals surface area contributed by atoms with Crippen molar-refractivity contribution in [1.82, 2.24) is 4.90 Å². The molecule has 0 radical (unpaired) electrons. The Morgan fingerprint density at radius 3 is 2.81 bits per heavy atom. The maximum atomic E-state index is 11.5. The fourth-order valence-electron chi connectivity index (χ4n) is 1.10. The van der Waals surface area contributed by atoms with Crippen molar-refractivity contribution in [3.63, 3.8) is 0 Å². The van der Waals surface area contributed by atoms with Crippen molar-refractivity contribution < 1.29 is 9.53 Å². The highest BCUT2D eigenvalue weighted by molar-refractivity contribution is 9.10. The average Bonchev–Trinajstić information content (AvgIpc) is 2.27. The minimum absolute atomic E-state index is 0.00282. The summed E-state index contributed by atoms with van der Waals surface area (Å²) in [5.74, 6) is 0.443. The van der Waals surface area contributed by atoms with Crippen molar-refractivity contribution >= 4 is 27.5 Å². The van der Waals surface area contributed by atoms with Gasteiger partial charge in [0.1, 0.15) is 0 Å². The second kappa shape index (κ2) is 5.75. The van der Waals surface area contributed by atoms with Crippen LogP contribution in [0.5, 0.6) is 5.75 Å². The molecule has 0 saturated carbocycles. The molecule has 1 aromatic carbocycles. The van der Waals surface area contributed by atoms with Gasteiger partial charge in [0.25, 0.3) is 5.91 Å². The number of carbonyl (C=O) groups excluding carboxylic acids is 1. The third-order valence-electron chi connectivity index (χ3n) is 2.24. The van der Waals surface area contributed by atoms with Gasteiger partial charge in [0, 0.05) is 13.6 Å². The van der Waals surface area contributed by atoms with Crippen molar-refractivity contribution in [1.29, 1.82) is 0 Å². The Morgan fingerprint density at radius 1 is 1.56 bits per heavy atom. The second-order valence-electron chi connectivity index (χ2n) is 3.35. The van der Waals surface area contributed by atoms with Gasteiger partial charge < -0.3 is 15.4 Å². The summed E-state index contributed by atoms with van der Waals surface area (Å²) in [5, 5.41) is 0. The van der Waals surface area contributed by atoms with Gasteiger partial charge in [0.05, 0.1) is 10.2 Å². The van der Waals surface area contributed by atoms with E-state index in [2.05, 4.69) is 15.9 Å². The summed E-state index contributed by atoms with van der Waals surface area (Å²) in [7, 11) is 1.73. The summed E-state index contributed by atoms with van der Waals surface area (Å²) < 4.78 is 6.14. The monoisotopic (exact) mass is 286 g/mol. The highest BCUT2D eigenvalue weighted by Gasteiger charge is 2.10. The van der Waals surface area contributed by atoms with Gasteiger partial charge >= 0.3 is 0 Å². The molecule has 4 nitrogen and oxygen atoms in total. The van der Waals surface area contributed by atoms with Gasteiger partial charge in [-0.1, -0.05) is 6.07 Å². The van der Waals surface area contributed by atoms with Crippen LogP contribution in [0.3, 0.4) is 0 Å². The van der Waals surface area contributed by atoms with Crippen LogP contribution < -0.4 is 10.5 Å². The van der Waals surface area contributed by atoms with E-state index in [1.807, 2.05) is 19.1 Å². The normalized spacial score (nSPS) is 9.94. The molecule has 0 fully saturated rings. The lowest BCUT2D eigenvalue weighted by atomic mass is 10.3. The Hall–Kier alpha value is -1.23. The molecule has 0 bridgehead atoms. The highest BCUT2D eigenvalue weighted by atomic mass is 79.9. The standard InChI is InChI=1S/C11H15BrN2O2/c1-3-14(2)10(15)7-16-11-8(12)5-4-6-9(11)13/h4-6H,3,7,13H2,1-2H3. The molecular formula is C11H15BrN2O2. The molecule has 88 valence electrons. The smallest absolute Gasteiger partial charge is 0.260 e. The number of carbonyl (C=O) groups is 1. The predicted molar refractivity (Wildman–Crippen MR) is 67.4 cm³/mol. The second-order valence-corrected chi connectivity index (χ2v) is 4.21. The van der Waals surface area contributed by atoms with Gasteiger partial charge in [0.2, 0.25) is 0 Å². The van der Waals surface area contributed by atoms with Crippen molar-refractivity contribution in [3.05, 3.63) is 22.7 Å². The summed E-state index contributed by atoms with van der Waals surface area (Å²) >= 11 is 3.32. The number of nitrogens with two attached hydrogens (primary N) is 1. The van der Waals surface area contributed by atoms with Crippen LogP contribution in [0.15, 0.2) is 22.7 Å². The summed E-state index contributed by atoms with van der Waals surface area (Å²) in [6.45, 7) is 2.56. The first-order valence-corrected chi connectivity index (χ1v) is 5.76. The van der Waals surface area contributed by atoms with Crippen LogP contribution in [0.1, 0.15) is 6.92 Å². The Labute approximate surface area is 103 Å². The Balaban J connectivity index is 2.65. The summed E-state index contributed by atoms with van der Waals surface area (Å²) in [5.41, 5.74) is 6.25.